The van der Waals surface area contributed by atoms with E-state index in [-0.39, 0.29) is 0 Å². The summed E-state index contributed by atoms with van der Waals surface area (Å²) >= 11 is 25.6. The third-order valence-corrected chi connectivity index (χ3v) is 7.19. The lowest BCUT2D eigenvalue weighted by atomic mass is 9.63. The van der Waals surface area contributed by atoms with Crippen molar-refractivity contribution in [2.24, 2.45) is 0 Å². The van der Waals surface area contributed by atoms with Gasteiger partial charge in [0.15, 0.2) is 0 Å². The van der Waals surface area contributed by atoms with Crippen molar-refractivity contribution < 1.29 is 10.2 Å². The summed E-state index contributed by atoms with van der Waals surface area (Å²) in [4.78, 5) is 0. The third kappa shape index (κ3) is 3.03. The first-order chi connectivity index (χ1) is 15.3. The number of hydrogen-bond donors (Lipinski definition) is 2. The Morgan fingerprint density at radius 1 is 0.469 bits per heavy atom. The topological polar surface area (TPSA) is 40.5 Å². The lowest BCUT2D eigenvalue weighted by Crippen LogP contribution is -2.44. The van der Waals surface area contributed by atoms with Gasteiger partial charge in [0.25, 0.3) is 0 Å². The zero-order chi connectivity index (χ0) is 22.7. The van der Waals surface area contributed by atoms with Crippen LogP contribution in [0.2, 0.25) is 20.1 Å². The molecular weight excluding hydrogens is 486 g/mol. The molecule has 1 aliphatic rings. The minimum absolute atomic E-state index is 0.318. The van der Waals surface area contributed by atoms with Crippen LogP contribution in [0.15, 0.2) is 84.9 Å². The van der Waals surface area contributed by atoms with Crippen LogP contribution in [0, 0.1) is 0 Å². The quantitative estimate of drug-likeness (QED) is 0.305. The lowest BCUT2D eigenvalue weighted by Gasteiger charge is -2.46. The molecule has 0 spiro atoms. The number of halogens is 4. The molecule has 0 fully saturated rings. The van der Waals surface area contributed by atoms with E-state index < -0.39 is 11.2 Å². The van der Waals surface area contributed by atoms with Gasteiger partial charge in [0, 0.05) is 42.3 Å². The van der Waals surface area contributed by atoms with Gasteiger partial charge in [0.05, 0.1) is 0 Å². The minimum Gasteiger partial charge on any atom is -0.376 e. The Morgan fingerprint density at radius 3 is 1.16 bits per heavy atom. The molecule has 4 aromatic carbocycles. The smallest absolute Gasteiger partial charge is 0.142 e. The number of aliphatic hydroxyl groups is 2. The van der Waals surface area contributed by atoms with E-state index in [1.54, 1.807) is 84.9 Å². The van der Waals surface area contributed by atoms with E-state index in [0.717, 1.165) is 0 Å². The Bertz CT molecular complexity index is 1230. The van der Waals surface area contributed by atoms with Gasteiger partial charge in [0.1, 0.15) is 11.2 Å². The van der Waals surface area contributed by atoms with Gasteiger partial charge in [-0.25, -0.2) is 0 Å². The number of fused-ring (bicyclic) bond motifs is 2. The van der Waals surface area contributed by atoms with Crippen molar-refractivity contribution >= 4 is 46.4 Å². The molecular formula is C26H16Cl4O2. The van der Waals surface area contributed by atoms with Crippen LogP contribution in [-0.4, -0.2) is 10.2 Å². The van der Waals surface area contributed by atoms with Crippen LogP contribution < -0.4 is 0 Å². The molecule has 2 unspecified atom stereocenters. The van der Waals surface area contributed by atoms with Gasteiger partial charge >= 0.3 is 0 Å². The predicted octanol–water partition coefficient (Wildman–Crippen LogP) is 7.18. The molecule has 32 heavy (non-hydrogen) atoms. The highest BCUT2D eigenvalue weighted by atomic mass is 35.5. The Morgan fingerprint density at radius 2 is 0.812 bits per heavy atom. The maximum atomic E-state index is 12.3. The summed E-state index contributed by atoms with van der Waals surface area (Å²) in [5.74, 6) is 0. The molecule has 0 radical (unpaired) electrons. The molecule has 0 saturated carbocycles. The van der Waals surface area contributed by atoms with E-state index in [2.05, 4.69) is 0 Å². The minimum atomic E-state index is -1.67. The standard InChI is InChI=1S/C26H16Cl4O2/c27-17-11-7-15(8-12-17)25(31)19-3-1-5-21(29)23(19)26(32,16-9-13-18(28)14-10-16)20-4-2-6-22(30)24(20)25/h1-14,31-32H. The maximum absolute atomic E-state index is 12.3. The molecule has 2 nitrogen and oxygen atoms in total. The fraction of sp³-hybridized carbons (Fsp3) is 0.0769. The van der Waals surface area contributed by atoms with Crippen LogP contribution >= 0.6 is 46.4 Å². The maximum Gasteiger partial charge on any atom is 0.142 e. The molecule has 0 aliphatic heterocycles. The second-order valence-corrected chi connectivity index (χ2v) is 9.45. The van der Waals surface area contributed by atoms with E-state index in [0.29, 0.717) is 53.5 Å². The number of hydrogen-bond acceptors (Lipinski definition) is 2. The van der Waals surface area contributed by atoms with Crippen LogP contribution in [0.4, 0.5) is 0 Å². The number of rotatable bonds is 2. The van der Waals surface area contributed by atoms with Gasteiger partial charge in [-0.1, -0.05) is 94.9 Å². The van der Waals surface area contributed by atoms with Crippen molar-refractivity contribution in [3.63, 3.8) is 0 Å². The fourth-order valence-electron chi connectivity index (χ4n) is 4.64. The molecule has 2 atom stereocenters. The van der Waals surface area contributed by atoms with E-state index in [1.165, 1.54) is 0 Å². The molecule has 6 heteroatoms. The largest absolute Gasteiger partial charge is 0.376 e. The monoisotopic (exact) mass is 500 g/mol. The lowest BCUT2D eigenvalue weighted by molar-refractivity contribution is 0.0749. The molecule has 0 bridgehead atoms. The van der Waals surface area contributed by atoms with Crippen molar-refractivity contribution in [2.75, 3.05) is 0 Å². The summed E-state index contributed by atoms with van der Waals surface area (Å²) in [5.41, 5.74) is -0.590. The Hall–Kier alpha value is -2.04. The molecule has 160 valence electrons. The Labute approximate surface area is 205 Å². The SMILES string of the molecule is OC1(c2ccc(Cl)cc2)c2cccc(Cl)c2C(O)(c2ccc(Cl)cc2)c2cccc(Cl)c21. The molecule has 0 aromatic heterocycles. The van der Waals surface area contributed by atoms with Crippen molar-refractivity contribution in [1.82, 2.24) is 0 Å². The van der Waals surface area contributed by atoms with Crippen LogP contribution in [0.3, 0.4) is 0 Å². The molecule has 5 rings (SSSR count). The number of benzene rings is 4. The highest BCUT2D eigenvalue weighted by molar-refractivity contribution is 6.33. The highest BCUT2D eigenvalue weighted by Crippen LogP contribution is 2.56. The molecule has 0 saturated heterocycles. The summed E-state index contributed by atoms with van der Waals surface area (Å²) in [6.07, 6.45) is 0. The Balaban J connectivity index is 1.95. The van der Waals surface area contributed by atoms with Gasteiger partial charge in [0.2, 0.25) is 0 Å². The molecule has 2 N–H and O–H groups in total. The molecule has 0 amide bonds. The zero-order valence-corrected chi connectivity index (χ0v) is 19.5. The van der Waals surface area contributed by atoms with Gasteiger partial charge < -0.3 is 10.2 Å². The predicted molar refractivity (Wildman–Crippen MR) is 130 cm³/mol. The van der Waals surface area contributed by atoms with Gasteiger partial charge in [-0.15, -0.1) is 0 Å². The summed E-state index contributed by atoms with van der Waals surface area (Å²) in [6, 6.07) is 24.2. The van der Waals surface area contributed by atoms with Crippen LogP contribution in [0.25, 0.3) is 0 Å². The first-order valence-electron chi connectivity index (χ1n) is 9.83. The highest BCUT2D eigenvalue weighted by Gasteiger charge is 2.52. The summed E-state index contributed by atoms with van der Waals surface area (Å²) in [5, 5.41) is 26.4. The van der Waals surface area contributed by atoms with Crippen molar-refractivity contribution in [3.8, 4) is 0 Å². The zero-order valence-electron chi connectivity index (χ0n) is 16.5. The van der Waals surface area contributed by atoms with Crippen molar-refractivity contribution in [1.29, 1.82) is 0 Å². The van der Waals surface area contributed by atoms with Crippen molar-refractivity contribution in [2.45, 2.75) is 11.2 Å². The van der Waals surface area contributed by atoms with Gasteiger partial charge in [-0.3, -0.25) is 0 Å². The van der Waals surface area contributed by atoms with Gasteiger partial charge in [-0.2, -0.15) is 0 Å². The second-order valence-electron chi connectivity index (χ2n) is 7.76. The third-order valence-electron chi connectivity index (χ3n) is 6.05. The fourth-order valence-corrected chi connectivity index (χ4v) is 5.51. The van der Waals surface area contributed by atoms with Crippen LogP contribution in [-0.2, 0) is 11.2 Å². The summed E-state index contributed by atoms with van der Waals surface area (Å²) in [7, 11) is 0. The van der Waals surface area contributed by atoms with Crippen molar-refractivity contribution in [3.05, 3.63) is 138 Å². The normalized spacial score (nSPS) is 21.7. The first kappa shape index (κ1) is 21.8. The summed E-state index contributed by atoms with van der Waals surface area (Å²) < 4.78 is 0. The molecule has 1 aliphatic carbocycles. The van der Waals surface area contributed by atoms with Gasteiger partial charge in [-0.05, 0) is 47.5 Å². The average Bonchev–Trinajstić information content (AvgIpc) is 2.78. The van der Waals surface area contributed by atoms with E-state index in [4.69, 9.17) is 46.4 Å². The van der Waals surface area contributed by atoms with Crippen LogP contribution in [0.1, 0.15) is 33.4 Å². The average molecular weight is 502 g/mol. The van der Waals surface area contributed by atoms with E-state index in [1.807, 2.05) is 0 Å². The second kappa shape index (κ2) is 7.78. The Kier molecular flexibility index (Phi) is 5.29. The van der Waals surface area contributed by atoms with E-state index >= 15 is 0 Å². The summed E-state index contributed by atoms with van der Waals surface area (Å²) in [6.45, 7) is 0. The molecule has 0 heterocycles. The van der Waals surface area contributed by atoms with E-state index in [9.17, 15) is 10.2 Å². The first-order valence-corrected chi connectivity index (χ1v) is 11.3. The molecule has 4 aromatic rings. The van der Waals surface area contributed by atoms with Crippen LogP contribution in [0.5, 0.6) is 0 Å².